The number of carboxylic acid groups (broad SMARTS) is 1. The third-order valence-electron chi connectivity index (χ3n) is 2.51. The lowest BCUT2D eigenvalue weighted by molar-refractivity contribution is -0.140. The smallest absolute Gasteiger partial charge is 0.323 e. The number of aliphatic carboxylic acids is 1. The van der Waals surface area contributed by atoms with E-state index in [-0.39, 0.29) is 6.61 Å². The molecule has 76 valence electrons. The molecule has 13 heavy (non-hydrogen) atoms. The average Bonchev–Trinajstić information content (AvgIpc) is 1.99. The zero-order valence-corrected chi connectivity index (χ0v) is 7.95. The van der Waals surface area contributed by atoms with E-state index in [1.54, 1.807) is 0 Å². The van der Waals surface area contributed by atoms with Crippen LogP contribution < -0.4 is 5.32 Å². The summed E-state index contributed by atoms with van der Waals surface area (Å²) in [5, 5.41) is 11.8. The van der Waals surface area contributed by atoms with Crippen LogP contribution in [-0.2, 0) is 9.53 Å². The number of carboxylic acids is 1. The molecule has 0 spiro atoms. The molecule has 0 bridgehead atoms. The highest BCUT2D eigenvalue weighted by Gasteiger charge is 2.21. The van der Waals surface area contributed by atoms with Crippen LogP contribution in [0.15, 0.2) is 0 Å². The van der Waals surface area contributed by atoms with Crippen molar-refractivity contribution < 1.29 is 14.6 Å². The van der Waals surface area contributed by atoms with Gasteiger partial charge in [-0.3, -0.25) is 4.79 Å². The van der Waals surface area contributed by atoms with E-state index in [4.69, 9.17) is 9.84 Å². The molecule has 4 nitrogen and oxygen atoms in total. The lowest BCUT2D eigenvalue weighted by Crippen LogP contribution is -2.43. The molecule has 0 saturated heterocycles. The molecule has 0 amide bonds. The van der Waals surface area contributed by atoms with Crippen molar-refractivity contribution in [2.45, 2.75) is 25.3 Å². The van der Waals surface area contributed by atoms with E-state index < -0.39 is 12.0 Å². The molecule has 1 atom stereocenters. The van der Waals surface area contributed by atoms with Crippen LogP contribution in [0.4, 0.5) is 0 Å². The number of ether oxygens (including phenoxy) is 1. The summed E-state index contributed by atoms with van der Waals surface area (Å²) < 4.78 is 4.81. The van der Waals surface area contributed by atoms with Crippen LogP contribution in [0, 0.1) is 5.92 Å². The van der Waals surface area contributed by atoms with Gasteiger partial charge >= 0.3 is 5.97 Å². The van der Waals surface area contributed by atoms with E-state index in [9.17, 15) is 4.79 Å². The largest absolute Gasteiger partial charge is 0.480 e. The second kappa shape index (κ2) is 5.19. The van der Waals surface area contributed by atoms with E-state index >= 15 is 0 Å². The molecule has 0 aliphatic heterocycles. The van der Waals surface area contributed by atoms with Crippen molar-refractivity contribution in [1.82, 2.24) is 5.32 Å². The molecule has 0 aromatic heterocycles. The van der Waals surface area contributed by atoms with Crippen molar-refractivity contribution in [3.8, 4) is 0 Å². The summed E-state index contributed by atoms with van der Waals surface area (Å²) in [6.07, 6.45) is 3.74. The van der Waals surface area contributed by atoms with Crippen molar-refractivity contribution in [3.63, 3.8) is 0 Å². The van der Waals surface area contributed by atoms with Gasteiger partial charge in [0.1, 0.15) is 6.04 Å². The molecule has 1 fully saturated rings. The van der Waals surface area contributed by atoms with E-state index in [1.165, 1.54) is 26.4 Å². The Labute approximate surface area is 78.3 Å². The Hall–Kier alpha value is -0.610. The molecule has 0 aromatic rings. The minimum atomic E-state index is -0.832. The zero-order valence-electron chi connectivity index (χ0n) is 7.95. The predicted molar refractivity (Wildman–Crippen MR) is 48.6 cm³/mol. The molecule has 0 heterocycles. The van der Waals surface area contributed by atoms with Crippen LogP contribution in [0.2, 0.25) is 0 Å². The van der Waals surface area contributed by atoms with Crippen LogP contribution in [-0.4, -0.2) is 37.4 Å². The van der Waals surface area contributed by atoms with Gasteiger partial charge in [0, 0.05) is 7.11 Å². The highest BCUT2D eigenvalue weighted by molar-refractivity contribution is 5.73. The number of nitrogens with one attached hydrogen (secondary N) is 1. The topological polar surface area (TPSA) is 58.6 Å². The van der Waals surface area contributed by atoms with Crippen molar-refractivity contribution in [1.29, 1.82) is 0 Å². The summed E-state index contributed by atoms with van der Waals surface area (Å²) in [4.78, 5) is 10.7. The van der Waals surface area contributed by atoms with Gasteiger partial charge in [0.25, 0.3) is 0 Å². The number of hydrogen-bond donors (Lipinski definition) is 2. The van der Waals surface area contributed by atoms with E-state index in [0.717, 1.165) is 6.54 Å². The van der Waals surface area contributed by atoms with Gasteiger partial charge in [-0.25, -0.2) is 0 Å². The third-order valence-corrected chi connectivity index (χ3v) is 2.51. The Kier molecular flexibility index (Phi) is 4.18. The Morgan fingerprint density at radius 3 is 2.77 bits per heavy atom. The summed E-state index contributed by atoms with van der Waals surface area (Å²) in [5.41, 5.74) is 0. The first kappa shape index (κ1) is 10.5. The van der Waals surface area contributed by atoms with Crippen molar-refractivity contribution in [2.24, 2.45) is 5.92 Å². The molecule has 0 radical (unpaired) electrons. The Balaban J connectivity index is 2.16. The molecule has 1 aliphatic carbocycles. The van der Waals surface area contributed by atoms with Gasteiger partial charge in [-0.05, 0) is 25.3 Å². The fraction of sp³-hybridized carbons (Fsp3) is 0.889. The summed E-state index contributed by atoms with van der Waals surface area (Å²) in [6.45, 7) is 1.04. The molecule has 1 saturated carbocycles. The molecular formula is C9H17NO3. The first-order valence-electron chi connectivity index (χ1n) is 4.69. The highest BCUT2D eigenvalue weighted by Crippen LogP contribution is 2.25. The maximum Gasteiger partial charge on any atom is 0.323 e. The molecule has 0 aromatic carbocycles. The fourth-order valence-corrected chi connectivity index (χ4v) is 1.39. The molecule has 1 rings (SSSR count). The summed E-state index contributed by atoms with van der Waals surface area (Å²) >= 11 is 0. The predicted octanol–water partition coefficient (Wildman–Crippen LogP) is 0.476. The summed E-state index contributed by atoms with van der Waals surface area (Å²) in [6, 6.07) is -0.550. The van der Waals surface area contributed by atoms with Crippen LogP contribution in [0.5, 0.6) is 0 Å². The van der Waals surface area contributed by atoms with E-state index in [1.807, 2.05) is 0 Å². The minimum absolute atomic E-state index is 0.238. The molecular weight excluding hydrogens is 170 g/mol. The first-order chi connectivity index (χ1) is 6.24. The van der Waals surface area contributed by atoms with Crippen LogP contribution in [0.1, 0.15) is 19.3 Å². The number of methoxy groups -OCH3 is 1. The van der Waals surface area contributed by atoms with Crippen LogP contribution in [0.3, 0.4) is 0 Å². The van der Waals surface area contributed by atoms with Gasteiger partial charge in [-0.15, -0.1) is 0 Å². The monoisotopic (exact) mass is 187 g/mol. The number of carbonyl (C=O) groups is 1. The number of hydrogen-bond acceptors (Lipinski definition) is 3. The zero-order chi connectivity index (χ0) is 9.68. The second-order valence-electron chi connectivity index (χ2n) is 3.55. The van der Waals surface area contributed by atoms with Gasteiger partial charge in [-0.1, -0.05) is 6.42 Å². The lowest BCUT2D eigenvalue weighted by Gasteiger charge is -2.27. The average molecular weight is 187 g/mol. The standard InChI is InChI=1S/C9H17NO3/c1-13-6-8(9(11)12)10-5-7-3-2-4-7/h7-8,10H,2-6H2,1H3,(H,11,12). The van der Waals surface area contributed by atoms with Crippen molar-refractivity contribution in [3.05, 3.63) is 0 Å². The maximum atomic E-state index is 10.7. The minimum Gasteiger partial charge on any atom is -0.480 e. The molecule has 1 aliphatic rings. The Bertz CT molecular complexity index is 168. The number of rotatable bonds is 6. The molecule has 2 N–H and O–H groups in total. The van der Waals surface area contributed by atoms with Gasteiger partial charge in [-0.2, -0.15) is 0 Å². The van der Waals surface area contributed by atoms with E-state index in [2.05, 4.69) is 5.32 Å². The van der Waals surface area contributed by atoms with Gasteiger partial charge < -0.3 is 15.2 Å². The fourth-order valence-electron chi connectivity index (χ4n) is 1.39. The van der Waals surface area contributed by atoms with Crippen LogP contribution >= 0.6 is 0 Å². The summed E-state index contributed by atoms with van der Waals surface area (Å²) in [7, 11) is 1.51. The third kappa shape index (κ3) is 3.32. The second-order valence-corrected chi connectivity index (χ2v) is 3.55. The van der Waals surface area contributed by atoms with Gasteiger partial charge in [0.2, 0.25) is 0 Å². The van der Waals surface area contributed by atoms with Crippen molar-refractivity contribution in [2.75, 3.05) is 20.3 Å². The quantitative estimate of drug-likeness (QED) is 0.635. The van der Waals surface area contributed by atoms with E-state index in [0.29, 0.717) is 5.92 Å². The van der Waals surface area contributed by atoms with Crippen LogP contribution in [0.25, 0.3) is 0 Å². The molecule has 1 unspecified atom stereocenters. The van der Waals surface area contributed by atoms with Crippen molar-refractivity contribution >= 4 is 5.97 Å². The summed E-state index contributed by atoms with van der Waals surface area (Å²) in [5.74, 6) is -0.153. The molecule has 4 heteroatoms. The first-order valence-corrected chi connectivity index (χ1v) is 4.69. The Morgan fingerprint density at radius 1 is 1.69 bits per heavy atom. The Morgan fingerprint density at radius 2 is 2.38 bits per heavy atom. The highest BCUT2D eigenvalue weighted by atomic mass is 16.5. The van der Waals surface area contributed by atoms with Gasteiger partial charge in [0.05, 0.1) is 6.61 Å². The maximum absolute atomic E-state index is 10.7. The lowest BCUT2D eigenvalue weighted by atomic mass is 9.85. The van der Waals surface area contributed by atoms with Gasteiger partial charge in [0.15, 0.2) is 0 Å². The normalized spacial score (nSPS) is 19.5. The SMILES string of the molecule is COCC(NCC1CCC1)C(=O)O.